The second-order valence-electron chi connectivity index (χ2n) is 22.1. The molecule has 76 heavy (non-hydrogen) atoms. The Kier molecular flexibility index (Phi) is 9.69. The highest BCUT2D eigenvalue weighted by molar-refractivity contribution is 6.09. The molecule has 1 heterocycles. The lowest BCUT2D eigenvalue weighted by atomic mass is 9.81. The number of fused-ring (bicyclic) bond motifs is 11. The number of para-hydroxylation sites is 2. The van der Waals surface area contributed by atoms with E-state index in [0.29, 0.717) is 0 Å². The van der Waals surface area contributed by atoms with Crippen LogP contribution >= 0.6 is 0 Å². The van der Waals surface area contributed by atoms with Crippen LogP contribution in [-0.2, 0) is 10.8 Å². The SMILES string of the molecule is CC1(C)c2cc(-c3ccc4ccccc4c3)ccc2-c2ccc(N(c3ccc(-c4ccc(-c5cccc6c5oc5ccccc56)cc4)cc3)c3ccc4c(c3)C(C)(C)c3cc(-c5ccc6ccccc6c5)ccc3-4)cc21. The number of nitrogens with zero attached hydrogens (tertiary/aromatic N) is 1. The molecule has 0 saturated carbocycles. The number of anilines is 3. The van der Waals surface area contributed by atoms with E-state index >= 15 is 0 Å². The third kappa shape index (κ3) is 6.87. The molecule has 0 N–H and O–H groups in total. The monoisotopic (exact) mass is 971 g/mol. The summed E-state index contributed by atoms with van der Waals surface area (Å²) in [4.78, 5) is 2.47. The van der Waals surface area contributed by atoms with Crippen LogP contribution in [-0.4, -0.2) is 0 Å². The van der Waals surface area contributed by atoms with Crippen molar-refractivity contribution in [2.24, 2.45) is 0 Å². The summed E-state index contributed by atoms with van der Waals surface area (Å²) in [7, 11) is 0. The highest BCUT2D eigenvalue weighted by Crippen LogP contribution is 2.54. The molecule has 0 aliphatic heterocycles. The van der Waals surface area contributed by atoms with E-state index in [2.05, 4.69) is 269 Å². The van der Waals surface area contributed by atoms with Gasteiger partial charge in [0.2, 0.25) is 0 Å². The lowest BCUT2D eigenvalue weighted by Gasteiger charge is -2.30. The largest absolute Gasteiger partial charge is 0.455 e. The highest BCUT2D eigenvalue weighted by atomic mass is 16.3. The van der Waals surface area contributed by atoms with Crippen molar-refractivity contribution in [1.29, 1.82) is 0 Å². The Bertz CT molecular complexity index is 4320. The summed E-state index contributed by atoms with van der Waals surface area (Å²) >= 11 is 0. The van der Waals surface area contributed by atoms with E-state index in [4.69, 9.17) is 4.42 Å². The van der Waals surface area contributed by atoms with Gasteiger partial charge in [0.05, 0.1) is 0 Å². The van der Waals surface area contributed by atoms with Gasteiger partial charge >= 0.3 is 0 Å². The first-order chi connectivity index (χ1) is 37.1. The minimum atomic E-state index is -0.227. The van der Waals surface area contributed by atoms with Crippen molar-refractivity contribution < 1.29 is 4.42 Å². The molecule has 2 aliphatic carbocycles. The van der Waals surface area contributed by atoms with Crippen LogP contribution < -0.4 is 4.90 Å². The number of rotatable bonds is 7. The molecule has 2 nitrogen and oxygen atoms in total. The van der Waals surface area contributed by atoms with Crippen LogP contribution in [0.2, 0.25) is 0 Å². The van der Waals surface area contributed by atoms with E-state index in [1.807, 2.05) is 12.1 Å². The van der Waals surface area contributed by atoms with Crippen LogP contribution in [0.4, 0.5) is 17.1 Å². The van der Waals surface area contributed by atoms with Gasteiger partial charge in [0.1, 0.15) is 11.2 Å². The molecule has 0 atom stereocenters. The molecule has 0 amide bonds. The maximum absolute atomic E-state index is 6.43. The molecular formula is C74H53NO. The zero-order chi connectivity index (χ0) is 50.9. The van der Waals surface area contributed by atoms with Crippen LogP contribution in [0.15, 0.2) is 253 Å². The standard InChI is InChI=1S/C74H53NO/c1-73(2)67-42-55(53-26-22-46-12-5-7-14-51(46)40-53)30-36-61(67)63-38-34-58(44-69(63)73)75(57-32-28-49(29-33-57)48-20-24-50(25-21-48)60-17-11-18-66-65-16-9-10-19-71(65)76-72(60)66)59-35-39-64-62-37-31-56(43-68(62)74(3,4)70(64)45-59)54-27-23-47-13-6-8-15-52(47)41-54/h5-45H,1-4H3. The molecular weight excluding hydrogens is 919 g/mol. The first-order valence-corrected chi connectivity index (χ1v) is 26.6. The maximum atomic E-state index is 6.43. The molecule has 1 aromatic heterocycles. The summed E-state index contributed by atoms with van der Waals surface area (Å²) in [6, 6.07) is 92.2. The van der Waals surface area contributed by atoms with Gasteiger partial charge < -0.3 is 9.32 Å². The van der Waals surface area contributed by atoms with Gasteiger partial charge in [0.25, 0.3) is 0 Å². The first-order valence-electron chi connectivity index (χ1n) is 26.6. The molecule has 0 unspecified atom stereocenters. The molecule has 0 saturated heterocycles. The average molecular weight is 972 g/mol. The zero-order valence-electron chi connectivity index (χ0n) is 43.0. The fraction of sp³-hybridized carbons (Fsp3) is 0.0811. The van der Waals surface area contributed by atoms with Crippen molar-refractivity contribution in [2.75, 3.05) is 4.90 Å². The number of hydrogen-bond acceptors (Lipinski definition) is 2. The Morgan fingerprint density at radius 1 is 0.276 bits per heavy atom. The highest BCUT2D eigenvalue weighted by Gasteiger charge is 2.38. The summed E-state index contributed by atoms with van der Waals surface area (Å²) in [6.07, 6.45) is 0. The summed E-state index contributed by atoms with van der Waals surface area (Å²) in [6.45, 7) is 9.59. The molecule has 360 valence electrons. The van der Waals surface area contributed by atoms with Crippen LogP contribution in [0.3, 0.4) is 0 Å². The van der Waals surface area contributed by atoms with Crippen molar-refractivity contribution in [3.63, 3.8) is 0 Å². The zero-order valence-corrected chi connectivity index (χ0v) is 43.0. The lowest BCUT2D eigenvalue weighted by molar-refractivity contribution is 0.660. The van der Waals surface area contributed by atoms with Crippen molar-refractivity contribution in [3.05, 3.63) is 271 Å². The van der Waals surface area contributed by atoms with Gasteiger partial charge in [-0.1, -0.05) is 210 Å². The van der Waals surface area contributed by atoms with Crippen molar-refractivity contribution in [2.45, 2.75) is 38.5 Å². The van der Waals surface area contributed by atoms with Crippen molar-refractivity contribution in [1.82, 2.24) is 0 Å². The smallest absolute Gasteiger partial charge is 0.143 e. The first kappa shape index (κ1) is 44.3. The normalized spacial score (nSPS) is 13.7. The third-order valence-corrected chi connectivity index (χ3v) is 17.1. The van der Waals surface area contributed by atoms with Gasteiger partial charge in [-0.3, -0.25) is 0 Å². The molecule has 0 bridgehead atoms. The second kappa shape index (κ2) is 16.6. The summed E-state index contributed by atoms with van der Waals surface area (Å²) in [5.74, 6) is 0. The average Bonchev–Trinajstić information content (AvgIpc) is 4.04. The topological polar surface area (TPSA) is 16.4 Å². The van der Waals surface area contributed by atoms with Crippen molar-refractivity contribution in [3.8, 4) is 66.8 Å². The van der Waals surface area contributed by atoms with E-state index in [9.17, 15) is 0 Å². The fourth-order valence-electron chi connectivity index (χ4n) is 12.9. The van der Waals surface area contributed by atoms with Crippen LogP contribution in [0.5, 0.6) is 0 Å². The van der Waals surface area contributed by atoms with Crippen molar-refractivity contribution >= 4 is 60.5 Å². The van der Waals surface area contributed by atoms with E-state index in [1.54, 1.807) is 0 Å². The maximum Gasteiger partial charge on any atom is 0.143 e. The molecule has 12 aromatic carbocycles. The Balaban J connectivity index is 0.809. The lowest BCUT2D eigenvalue weighted by Crippen LogP contribution is -2.18. The quantitative estimate of drug-likeness (QED) is 0.158. The van der Waals surface area contributed by atoms with E-state index in [0.717, 1.165) is 55.7 Å². The Hall–Kier alpha value is -9.24. The Morgan fingerprint density at radius 3 is 1.22 bits per heavy atom. The second-order valence-corrected chi connectivity index (χ2v) is 22.1. The van der Waals surface area contributed by atoms with Crippen LogP contribution in [0, 0.1) is 0 Å². The molecule has 0 radical (unpaired) electrons. The molecule has 2 aliphatic rings. The molecule has 0 fully saturated rings. The van der Waals surface area contributed by atoms with E-state index in [1.165, 1.54) is 93.9 Å². The Labute approximate surface area is 443 Å². The minimum absolute atomic E-state index is 0.227. The van der Waals surface area contributed by atoms with E-state index < -0.39 is 0 Å². The number of furan rings is 1. The Morgan fingerprint density at radius 2 is 0.671 bits per heavy atom. The van der Waals surface area contributed by atoms with Gasteiger partial charge in [-0.25, -0.2) is 0 Å². The van der Waals surface area contributed by atoms with E-state index in [-0.39, 0.29) is 10.8 Å². The number of benzene rings is 12. The molecule has 15 rings (SSSR count). The van der Waals surface area contributed by atoms with Gasteiger partial charge in [-0.15, -0.1) is 0 Å². The van der Waals surface area contributed by atoms with Gasteiger partial charge in [-0.2, -0.15) is 0 Å². The predicted octanol–water partition coefficient (Wildman–Crippen LogP) is 20.6. The van der Waals surface area contributed by atoms with Gasteiger partial charge in [-0.05, 0) is 172 Å². The van der Waals surface area contributed by atoms with Crippen LogP contribution in [0.25, 0.3) is 110 Å². The molecule has 0 spiro atoms. The number of hydrogen-bond donors (Lipinski definition) is 0. The summed E-state index contributed by atoms with van der Waals surface area (Å²) in [5, 5.41) is 7.33. The summed E-state index contributed by atoms with van der Waals surface area (Å²) < 4.78 is 6.43. The fourth-order valence-corrected chi connectivity index (χ4v) is 12.9. The van der Waals surface area contributed by atoms with Crippen LogP contribution in [0.1, 0.15) is 49.9 Å². The molecule has 2 heteroatoms. The minimum Gasteiger partial charge on any atom is -0.455 e. The summed E-state index contributed by atoms with van der Waals surface area (Å²) in [5.41, 5.74) is 24.9. The van der Waals surface area contributed by atoms with Gasteiger partial charge in [0.15, 0.2) is 0 Å². The molecule has 13 aromatic rings. The predicted molar refractivity (Wildman–Crippen MR) is 320 cm³/mol. The third-order valence-electron chi connectivity index (χ3n) is 17.1. The van der Waals surface area contributed by atoms with Gasteiger partial charge in [0, 0.05) is 44.2 Å².